The predicted molar refractivity (Wildman–Crippen MR) is 61.7 cm³/mol. The molecule has 0 radical (unpaired) electrons. The number of hydrogen-bond acceptors (Lipinski definition) is 4. The fourth-order valence-corrected chi connectivity index (χ4v) is 1.08. The van der Waals surface area contributed by atoms with Crippen molar-refractivity contribution < 1.29 is 5.11 Å². The molecule has 0 atom stereocenters. The largest absolute Gasteiger partial charge is 0.397 e. The van der Waals surface area contributed by atoms with E-state index in [9.17, 15) is 0 Å². The molecule has 1 heterocycles. The van der Waals surface area contributed by atoms with Gasteiger partial charge in [-0.2, -0.15) is 0 Å². The average Bonchev–Trinajstić information content (AvgIpc) is 2.09. The lowest BCUT2D eigenvalue weighted by molar-refractivity contribution is 0.281. The molecule has 0 aliphatic carbocycles. The number of anilines is 1. The summed E-state index contributed by atoms with van der Waals surface area (Å²) in [7, 11) is 0. The first kappa shape index (κ1) is 15.9. The molecule has 0 saturated heterocycles. The van der Waals surface area contributed by atoms with E-state index < -0.39 is 0 Å². The van der Waals surface area contributed by atoms with Crippen molar-refractivity contribution in [2.45, 2.75) is 20.1 Å². The van der Waals surface area contributed by atoms with E-state index in [1.54, 1.807) is 13.1 Å². The molecule has 0 amide bonds. The number of rotatable bonds is 2. The van der Waals surface area contributed by atoms with E-state index in [4.69, 9.17) is 16.6 Å². The predicted octanol–water partition coefficient (Wildman–Crippen LogP) is 0.767. The quantitative estimate of drug-likeness (QED) is 0.712. The van der Waals surface area contributed by atoms with Crippen molar-refractivity contribution in [1.29, 1.82) is 0 Å². The number of aliphatic hydroxyl groups is 1. The van der Waals surface area contributed by atoms with Crippen LogP contribution >= 0.6 is 24.8 Å². The first-order valence-electron chi connectivity index (χ1n) is 3.74. The Morgan fingerprint density at radius 1 is 1.43 bits per heavy atom. The van der Waals surface area contributed by atoms with Crippen molar-refractivity contribution in [3.8, 4) is 0 Å². The van der Waals surface area contributed by atoms with Gasteiger partial charge in [-0.1, -0.05) is 0 Å². The molecule has 0 fully saturated rings. The van der Waals surface area contributed by atoms with Crippen LogP contribution in [-0.2, 0) is 13.2 Å². The van der Waals surface area contributed by atoms with Crippen LogP contribution < -0.4 is 11.5 Å². The number of aromatic nitrogens is 1. The maximum absolute atomic E-state index is 8.99. The van der Waals surface area contributed by atoms with Crippen LogP contribution in [0.15, 0.2) is 6.20 Å². The summed E-state index contributed by atoms with van der Waals surface area (Å²) in [5.41, 5.74) is 13.9. The smallest absolute Gasteiger partial charge is 0.0706 e. The van der Waals surface area contributed by atoms with Gasteiger partial charge in [0, 0.05) is 18.3 Å². The van der Waals surface area contributed by atoms with E-state index in [1.807, 2.05) is 0 Å². The van der Waals surface area contributed by atoms with E-state index in [2.05, 4.69) is 4.98 Å². The minimum absolute atomic E-state index is 0. The van der Waals surface area contributed by atoms with Gasteiger partial charge in [0.25, 0.3) is 0 Å². The Labute approximate surface area is 95.5 Å². The molecule has 0 unspecified atom stereocenters. The van der Waals surface area contributed by atoms with Crippen molar-refractivity contribution in [3.63, 3.8) is 0 Å². The van der Waals surface area contributed by atoms with Crippen LogP contribution in [0.25, 0.3) is 0 Å². The summed E-state index contributed by atoms with van der Waals surface area (Å²) in [4.78, 5) is 4.04. The topological polar surface area (TPSA) is 85.2 Å². The third-order valence-electron chi connectivity index (χ3n) is 1.89. The molecule has 4 nitrogen and oxygen atoms in total. The van der Waals surface area contributed by atoms with Crippen LogP contribution in [-0.4, -0.2) is 10.1 Å². The van der Waals surface area contributed by atoms with Gasteiger partial charge in [-0.25, -0.2) is 0 Å². The Kier molecular flexibility index (Phi) is 7.77. The number of aliphatic hydroxyl groups excluding tert-OH is 1. The molecule has 1 aromatic heterocycles. The molecular weight excluding hydrogens is 225 g/mol. The second kappa shape index (κ2) is 6.84. The second-order valence-electron chi connectivity index (χ2n) is 2.62. The van der Waals surface area contributed by atoms with Crippen LogP contribution in [0.1, 0.15) is 16.8 Å². The highest BCUT2D eigenvalue weighted by Gasteiger charge is 2.06. The third-order valence-corrected chi connectivity index (χ3v) is 1.89. The summed E-state index contributed by atoms with van der Waals surface area (Å²) in [6, 6.07) is 0. The summed E-state index contributed by atoms with van der Waals surface area (Å²) in [5.74, 6) is 0. The molecule has 0 spiro atoms. The van der Waals surface area contributed by atoms with Gasteiger partial charge in [0.1, 0.15) is 0 Å². The molecule has 14 heavy (non-hydrogen) atoms. The van der Waals surface area contributed by atoms with Gasteiger partial charge >= 0.3 is 0 Å². The summed E-state index contributed by atoms with van der Waals surface area (Å²) < 4.78 is 0. The van der Waals surface area contributed by atoms with E-state index in [0.717, 1.165) is 11.3 Å². The Morgan fingerprint density at radius 3 is 2.43 bits per heavy atom. The summed E-state index contributed by atoms with van der Waals surface area (Å²) >= 11 is 0. The van der Waals surface area contributed by atoms with Crippen molar-refractivity contribution in [3.05, 3.63) is 23.0 Å². The third kappa shape index (κ3) is 2.99. The summed E-state index contributed by atoms with van der Waals surface area (Å²) in [6.07, 6.45) is 1.65. The van der Waals surface area contributed by atoms with Gasteiger partial charge in [-0.15, -0.1) is 24.8 Å². The fraction of sp³-hybridized carbons (Fsp3) is 0.375. The van der Waals surface area contributed by atoms with Gasteiger partial charge < -0.3 is 16.6 Å². The summed E-state index contributed by atoms with van der Waals surface area (Å²) in [5, 5.41) is 8.99. The second-order valence-corrected chi connectivity index (χ2v) is 2.62. The number of aryl methyl sites for hydroxylation is 1. The normalized spacial score (nSPS) is 8.79. The summed E-state index contributed by atoms with van der Waals surface area (Å²) in [6.45, 7) is 2.07. The lowest BCUT2D eigenvalue weighted by Gasteiger charge is -2.09. The van der Waals surface area contributed by atoms with Crippen molar-refractivity contribution >= 4 is 30.5 Å². The number of halogens is 2. The molecule has 0 aliphatic heterocycles. The monoisotopic (exact) mass is 239 g/mol. The molecule has 0 bridgehead atoms. The van der Waals surface area contributed by atoms with Crippen LogP contribution in [0.2, 0.25) is 0 Å². The minimum atomic E-state index is -0.0816. The number of nitrogen functional groups attached to an aromatic ring is 1. The highest BCUT2D eigenvalue weighted by atomic mass is 35.5. The lowest BCUT2D eigenvalue weighted by Crippen LogP contribution is -2.07. The molecule has 0 aliphatic rings. The Morgan fingerprint density at radius 2 is 2.00 bits per heavy atom. The minimum Gasteiger partial charge on any atom is -0.397 e. The molecule has 82 valence electrons. The number of nitrogens with two attached hydrogens (primary N) is 2. The highest BCUT2D eigenvalue weighted by Crippen LogP contribution is 2.18. The van der Waals surface area contributed by atoms with Crippen LogP contribution in [0, 0.1) is 6.92 Å². The van der Waals surface area contributed by atoms with Crippen LogP contribution in [0.3, 0.4) is 0 Å². The van der Waals surface area contributed by atoms with Gasteiger partial charge in [0.2, 0.25) is 0 Å². The first-order valence-corrected chi connectivity index (χ1v) is 3.74. The van der Waals surface area contributed by atoms with Crippen LogP contribution in [0.4, 0.5) is 5.69 Å². The Balaban J connectivity index is 0. The van der Waals surface area contributed by atoms with Gasteiger partial charge in [-0.05, 0) is 12.5 Å². The zero-order valence-electron chi connectivity index (χ0n) is 7.86. The van der Waals surface area contributed by atoms with E-state index in [1.165, 1.54) is 0 Å². The standard InChI is InChI=1S/C8H13N3O.2ClH/c1-5-8(10)7(4-12)6(2-9)3-11-5;;/h3,12H,2,4,9-10H2,1H3;2*1H. The van der Waals surface area contributed by atoms with Crippen LogP contribution in [0.5, 0.6) is 0 Å². The average molecular weight is 240 g/mol. The van der Waals surface area contributed by atoms with E-state index in [-0.39, 0.29) is 31.4 Å². The lowest BCUT2D eigenvalue weighted by atomic mass is 10.1. The zero-order chi connectivity index (χ0) is 9.14. The molecule has 1 aromatic rings. The maximum Gasteiger partial charge on any atom is 0.0706 e. The maximum atomic E-state index is 8.99. The van der Waals surface area contributed by atoms with Gasteiger partial charge in [0.15, 0.2) is 0 Å². The molecule has 1 rings (SSSR count). The van der Waals surface area contributed by atoms with Gasteiger partial charge in [-0.3, -0.25) is 4.98 Å². The number of nitrogens with zero attached hydrogens (tertiary/aromatic N) is 1. The number of pyridine rings is 1. The van der Waals surface area contributed by atoms with Crippen molar-refractivity contribution in [1.82, 2.24) is 4.98 Å². The highest BCUT2D eigenvalue weighted by molar-refractivity contribution is 5.85. The fourth-order valence-electron chi connectivity index (χ4n) is 1.08. The first-order chi connectivity index (χ1) is 5.70. The molecular formula is C8H15Cl2N3O. The van der Waals surface area contributed by atoms with E-state index >= 15 is 0 Å². The van der Waals surface area contributed by atoms with Crippen molar-refractivity contribution in [2.24, 2.45) is 5.73 Å². The molecule has 0 saturated carbocycles. The Bertz CT molecular complexity index is 294. The number of hydrogen-bond donors (Lipinski definition) is 3. The molecule has 6 heteroatoms. The van der Waals surface area contributed by atoms with Crippen molar-refractivity contribution in [2.75, 3.05) is 5.73 Å². The van der Waals surface area contributed by atoms with E-state index in [0.29, 0.717) is 17.8 Å². The Hall–Kier alpha value is -0.550. The molecule has 5 N–H and O–H groups in total. The SMILES string of the molecule is Cc1ncc(CN)c(CO)c1N.Cl.Cl. The molecule has 0 aromatic carbocycles. The zero-order valence-corrected chi connectivity index (χ0v) is 9.49. The van der Waals surface area contributed by atoms with Gasteiger partial charge in [0.05, 0.1) is 18.0 Å².